The summed E-state index contributed by atoms with van der Waals surface area (Å²) in [5.41, 5.74) is 0.226. The lowest BCUT2D eigenvalue weighted by molar-refractivity contribution is 0.0128. The van der Waals surface area contributed by atoms with Crippen molar-refractivity contribution >= 4 is 5.91 Å². The lowest BCUT2D eigenvalue weighted by Crippen LogP contribution is -2.49. The number of carbonyl (C=O) groups excluding carboxylic acids is 1. The van der Waals surface area contributed by atoms with Crippen LogP contribution in [0, 0.1) is 6.92 Å². The summed E-state index contributed by atoms with van der Waals surface area (Å²) in [6, 6.07) is 9.06. The Balaban J connectivity index is 1.67. The standard InChI is InChI=1S/C18H22N2O4/c1-12-19-15(11-23-12)18(22)20-14-9-5-6-10-16(17(14)21)24-13-7-3-2-4-8-13/h2-4,7-8,11,14,16-17,21H,5-6,9-10H2,1H3,(H,20,22)/t14-,16-,17-/m1/s1. The van der Waals surface area contributed by atoms with Crippen molar-refractivity contribution in [3.05, 3.63) is 48.2 Å². The van der Waals surface area contributed by atoms with Gasteiger partial charge in [0.25, 0.3) is 5.91 Å². The number of hydrogen-bond acceptors (Lipinski definition) is 5. The van der Waals surface area contributed by atoms with Crippen molar-refractivity contribution in [2.45, 2.75) is 50.9 Å². The fraction of sp³-hybridized carbons (Fsp3) is 0.444. The molecule has 1 aliphatic rings. The van der Waals surface area contributed by atoms with Crippen LogP contribution in [-0.4, -0.2) is 34.2 Å². The van der Waals surface area contributed by atoms with Crippen LogP contribution in [-0.2, 0) is 0 Å². The average molecular weight is 330 g/mol. The molecule has 1 aliphatic carbocycles. The maximum absolute atomic E-state index is 12.3. The second-order valence-corrected chi connectivity index (χ2v) is 6.08. The van der Waals surface area contributed by atoms with Crippen molar-refractivity contribution in [3.8, 4) is 5.75 Å². The first-order valence-corrected chi connectivity index (χ1v) is 8.26. The van der Waals surface area contributed by atoms with Crippen LogP contribution in [0.2, 0.25) is 0 Å². The van der Waals surface area contributed by atoms with Crippen LogP contribution in [0.5, 0.6) is 5.75 Å². The number of ether oxygens (including phenoxy) is 1. The number of para-hydroxylation sites is 1. The number of carbonyl (C=O) groups is 1. The third kappa shape index (κ3) is 3.94. The lowest BCUT2D eigenvalue weighted by atomic mass is 10.0. The topological polar surface area (TPSA) is 84.6 Å². The third-order valence-corrected chi connectivity index (χ3v) is 4.25. The zero-order chi connectivity index (χ0) is 16.9. The number of aliphatic hydroxyl groups is 1. The summed E-state index contributed by atoms with van der Waals surface area (Å²) in [7, 11) is 0. The molecule has 2 aromatic rings. The molecule has 0 bridgehead atoms. The number of nitrogens with one attached hydrogen (secondary N) is 1. The maximum atomic E-state index is 12.3. The van der Waals surface area contributed by atoms with Crippen molar-refractivity contribution in [2.75, 3.05) is 0 Å². The highest BCUT2D eigenvalue weighted by atomic mass is 16.5. The van der Waals surface area contributed by atoms with E-state index < -0.39 is 6.10 Å². The van der Waals surface area contributed by atoms with Gasteiger partial charge in [-0.2, -0.15) is 0 Å². The maximum Gasteiger partial charge on any atom is 0.273 e. The number of nitrogens with zero attached hydrogens (tertiary/aromatic N) is 1. The molecule has 24 heavy (non-hydrogen) atoms. The summed E-state index contributed by atoms with van der Waals surface area (Å²) in [5.74, 6) is 0.823. The molecule has 3 rings (SSSR count). The number of rotatable bonds is 4. The molecular weight excluding hydrogens is 308 g/mol. The molecule has 1 saturated carbocycles. The molecule has 6 nitrogen and oxygen atoms in total. The quantitative estimate of drug-likeness (QED) is 0.841. The number of aliphatic hydroxyl groups excluding tert-OH is 1. The van der Waals surface area contributed by atoms with Crippen molar-refractivity contribution in [3.63, 3.8) is 0 Å². The molecule has 0 aliphatic heterocycles. The molecule has 1 aromatic heterocycles. The van der Waals surface area contributed by atoms with E-state index in [1.807, 2.05) is 30.3 Å². The molecule has 1 aromatic carbocycles. The number of aromatic nitrogens is 1. The number of benzene rings is 1. The third-order valence-electron chi connectivity index (χ3n) is 4.25. The van der Waals surface area contributed by atoms with Crippen LogP contribution in [0.15, 0.2) is 41.0 Å². The summed E-state index contributed by atoms with van der Waals surface area (Å²) in [6.07, 6.45) is 3.54. The molecule has 1 fully saturated rings. The molecule has 1 amide bonds. The van der Waals surface area contributed by atoms with Gasteiger partial charge in [-0.1, -0.05) is 24.6 Å². The number of aryl methyl sites for hydroxylation is 1. The molecular formula is C18H22N2O4. The van der Waals surface area contributed by atoms with Gasteiger partial charge in [0.15, 0.2) is 11.6 Å². The van der Waals surface area contributed by atoms with Crippen LogP contribution in [0.4, 0.5) is 0 Å². The van der Waals surface area contributed by atoms with Crippen molar-refractivity contribution in [1.29, 1.82) is 0 Å². The fourth-order valence-corrected chi connectivity index (χ4v) is 2.98. The Kier molecular flexibility index (Phi) is 5.15. The zero-order valence-electron chi connectivity index (χ0n) is 13.6. The van der Waals surface area contributed by atoms with E-state index in [4.69, 9.17) is 9.15 Å². The predicted octanol–water partition coefficient (Wildman–Crippen LogP) is 2.46. The van der Waals surface area contributed by atoms with Crippen LogP contribution >= 0.6 is 0 Å². The van der Waals surface area contributed by atoms with E-state index in [9.17, 15) is 9.90 Å². The van der Waals surface area contributed by atoms with E-state index in [1.165, 1.54) is 6.26 Å². The molecule has 0 saturated heterocycles. The van der Waals surface area contributed by atoms with Crippen molar-refractivity contribution in [2.24, 2.45) is 0 Å². The Morgan fingerprint density at radius 2 is 2.04 bits per heavy atom. The average Bonchev–Trinajstić information content (AvgIpc) is 2.96. The van der Waals surface area contributed by atoms with Gasteiger partial charge in [0, 0.05) is 6.92 Å². The van der Waals surface area contributed by atoms with Crippen LogP contribution in [0.1, 0.15) is 42.1 Å². The summed E-state index contributed by atoms with van der Waals surface area (Å²) in [6.45, 7) is 1.68. The van der Waals surface area contributed by atoms with Gasteiger partial charge in [-0.3, -0.25) is 4.79 Å². The van der Waals surface area contributed by atoms with E-state index in [0.29, 0.717) is 12.3 Å². The molecule has 0 spiro atoms. The summed E-state index contributed by atoms with van der Waals surface area (Å²) >= 11 is 0. The van der Waals surface area contributed by atoms with Crippen LogP contribution < -0.4 is 10.1 Å². The molecule has 1 heterocycles. The summed E-state index contributed by atoms with van der Waals surface area (Å²) < 4.78 is 11.0. The highest BCUT2D eigenvalue weighted by Gasteiger charge is 2.33. The molecule has 3 atom stereocenters. The number of hydrogen-bond donors (Lipinski definition) is 2. The minimum atomic E-state index is -0.773. The fourth-order valence-electron chi connectivity index (χ4n) is 2.98. The first kappa shape index (κ1) is 16.5. The van der Waals surface area contributed by atoms with E-state index in [1.54, 1.807) is 6.92 Å². The largest absolute Gasteiger partial charge is 0.488 e. The normalized spacial score (nSPS) is 24.2. The predicted molar refractivity (Wildman–Crippen MR) is 87.8 cm³/mol. The first-order chi connectivity index (χ1) is 11.6. The molecule has 0 radical (unpaired) electrons. The highest BCUT2D eigenvalue weighted by molar-refractivity contribution is 5.92. The molecule has 128 valence electrons. The van der Waals surface area contributed by atoms with Gasteiger partial charge in [-0.05, 0) is 31.4 Å². The number of amides is 1. The van der Waals surface area contributed by atoms with Gasteiger partial charge in [0.2, 0.25) is 0 Å². The van der Waals surface area contributed by atoms with Gasteiger partial charge in [0.05, 0.1) is 6.04 Å². The second-order valence-electron chi connectivity index (χ2n) is 6.08. The Morgan fingerprint density at radius 1 is 1.29 bits per heavy atom. The molecule has 2 N–H and O–H groups in total. The van der Waals surface area contributed by atoms with Gasteiger partial charge in [0.1, 0.15) is 24.2 Å². The van der Waals surface area contributed by atoms with E-state index in [-0.39, 0.29) is 23.7 Å². The molecule has 0 unspecified atom stereocenters. The Morgan fingerprint density at radius 3 is 2.75 bits per heavy atom. The monoisotopic (exact) mass is 330 g/mol. The summed E-state index contributed by atoms with van der Waals surface area (Å²) in [5, 5.41) is 13.6. The smallest absolute Gasteiger partial charge is 0.273 e. The van der Waals surface area contributed by atoms with Gasteiger partial charge < -0.3 is 19.6 Å². The first-order valence-electron chi connectivity index (χ1n) is 8.26. The van der Waals surface area contributed by atoms with E-state index >= 15 is 0 Å². The molecule has 6 heteroatoms. The van der Waals surface area contributed by atoms with Crippen molar-refractivity contribution in [1.82, 2.24) is 10.3 Å². The minimum Gasteiger partial charge on any atom is -0.488 e. The SMILES string of the molecule is Cc1nc(C(=O)N[C@@H]2CCCC[C@@H](Oc3ccccc3)[C@@H]2O)co1. The van der Waals surface area contributed by atoms with E-state index in [2.05, 4.69) is 10.3 Å². The highest BCUT2D eigenvalue weighted by Crippen LogP contribution is 2.24. The van der Waals surface area contributed by atoms with Gasteiger partial charge in [-0.25, -0.2) is 4.98 Å². The zero-order valence-corrected chi connectivity index (χ0v) is 13.6. The van der Waals surface area contributed by atoms with Gasteiger partial charge in [-0.15, -0.1) is 0 Å². The Labute approximate surface area is 140 Å². The Bertz CT molecular complexity index is 671. The second kappa shape index (κ2) is 7.49. The van der Waals surface area contributed by atoms with Crippen molar-refractivity contribution < 1.29 is 19.1 Å². The van der Waals surface area contributed by atoms with Crippen LogP contribution in [0.3, 0.4) is 0 Å². The lowest BCUT2D eigenvalue weighted by Gasteiger charge is -2.28. The Hall–Kier alpha value is -2.34. The number of oxazole rings is 1. The van der Waals surface area contributed by atoms with Crippen LogP contribution in [0.25, 0.3) is 0 Å². The van der Waals surface area contributed by atoms with Gasteiger partial charge >= 0.3 is 0 Å². The van der Waals surface area contributed by atoms with E-state index in [0.717, 1.165) is 25.0 Å². The minimum absolute atomic E-state index is 0.226. The summed E-state index contributed by atoms with van der Waals surface area (Å²) in [4.78, 5) is 16.3.